The Bertz CT molecular complexity index is 986. The standard InChI is InChI=1S/C23H33N5O3S/c1-18-15-27(16-19(2)26(18)3)13-14-32(30,31)28(22-7-5-4-6-8-22)17-20-9-11-21(12-10-20)23(29)25-24/h4-12,18-19H,13-17,24H2,1-3H3,(H,25,29)/t18-,19+. The molecule has 8 nitrogen and oxygen atoms in total. The maximum atomic E-state index is 13.4. The minimum atomic E-state index is -3.57. The second-order valence-electron chi connectivity index (χ2n) is 8.45. The average molecular weight is 460 g/mol. The summed E-state index contributed by atoms with van der Waals surface area (Å²) in [6.45, 7) is 6.72. The zero-order chi connectivity index (χ0) is 23.3. The molecule has 0 radical (unpaired) electrons. The van der Waals surface area contributed by atoms with Crippen molar-refractivity contribution in [1.82, 2.24) is 15.2 Å². The number of benzene rings is 2. The van der Waals surface area contributed by atoms with Gasteiger partial charge in [-0.15, -0.1) is 0 Å². The molecule has 9 heteroatoms. The molecule has 0 saturated carbocycles. The number of nitrogens with zero attached hydrogens (tertiary/aromatic N) is 3. The van der Waals surface area contributed by atoms with Crippen molar-refractivity contribution in [2.75, 3.05) is 36.7 Å². The van der Waals surface area contributed by atoms with Gasteiger partial charge in [-0.25, -0.2) is 14.3 Å². The van der Waals surface area contributed by atoms with Gasteiger partial charge in [-0.1, -0.05) is 30.3 Å². The Kier molecular flexibility index (Phi) is 7.89. The zero-order valence-electron chi connectivity index (χ0n) is 18.9. The largest absolute Gasteiger partial charge is 0.299 e. The number of anilines is 1. The maximum absolute atomic E-state index is 13.4. The van der Waals surface area contributed by atoms with Crippen LogP contribution < -0.4 is 15.6 Å². The smallest absolute Gasteiger partial charge is 0.265 e. The number of nitrogens with two attached hydrogens (primary N) is 1. The third-order valence-corrected chi connectivity index (χ3v) is 7.86. The lowest BCUT2D eigenvalue weighted by atomic mass is 10.1. The fraction of sp³-hybridized carbons (Fsp3) is 0.435. The molecule has 1 saturated heterocycles. The first-order valence-electron chi connectivity index (χ1n) is 10.8. The van der Waals surface area contributed by atoms with Gasteiger partial charge < -0.3 is 0 Å². The van der Waals surface area contributed by atoms with Gasteiger partial charge in [-0.05, 0) is 50.7 Å². The molecule has 1 aliphatic heterocycles. The molecule has 0 spiro atoms. The summed E-state index contributed by atoms with van der Waals surface area (Å²) >= 11 is 0. The Morgan fingerprint density at radius 2 is 1.66 bits per heavy atom. The van der Waals surface area contributed by atoms with E-state index in [4.69, 9.17) is 5.84 Å². The molecule has 3 rings (SSSR count). The van der Waals surface area contributed by atoms with Gasteiger partial charge >= 0.3 is 0 Å². The van der Waals surface area contributed by atoms with Crippen LogP contribution in [-0.2, 0) is 16.6 Å². The fourth-order valence-corrected chi connectivity index (χ4v) is 5.50. The Labute approximate surface area is 191 Å². The number of hydrogen-bond donors (Lipinski definition) is 2. The molecule has 1 aliphatic rings. The third-order valence-electron chi connectivity index (χ3n) is 6.15. The normalized spacial score (nSPS) is 20.1. The van der Waals surface area contributed by atoms with E-state index in [1.165, 1.54) is 4.31 Å². The molecule has 0 aliphatic carbocycles. The topological polar surface area (TPSA) is 99.0 Å². The number of hydrazine groups is 1. The molecule has 0 unspecified atom stereocenters. The van der Waals surface area contributed by atoms with Crippen LogP contribution in [0.5, 0.6) is 0 Å². The molecule has 32 heavy (non-hydrogen) atoms. The maximum Gasteiger partial charge on any atom is 0.265 e. The lowest BCUT2D eigenvalue weighted by Crippen LogP contribution is -2.55. The van der Waals surface area contributed by atoms with E-state index in [0.717, 1.165) is 18.7 Å². The summed E-state index contributed by atoms with van der Waals surface area (Å²) in [5.74, 6) is 4.83. The Hall–Kier alpha value is -2.46. The second kappa shape index (κ2) is 10.4. The molecule has 174 valence electrons. The van der Waals surface area contributed by atoms with Crippen LogP contribution in [0.25, 0.3) is 0 Å². The van der Waals surface area contributed by atoms with Crippen molar-refractivity contribution < 1.29 is 13.2 Å². The van der Waals surface area contributed by atoms with E-state index in [1.807, 2.05) is 18.2 Å². The minimum absolute atomic E-state index is 0.0404. The van der Waals surface area contributed by atoms with Crippen molar-refractivity contribution in [3.63, 3.8) is 0 Å². The van der Waals surface area contributed by atoms with Gasteiger partial charge in [0.05, 0.1) is 18.0 Å². The summed E-state index contributed by atoms with van der Waals surface area (Å²) in [6, 6.07) is 16.7. The first-order valence-corrected chi connectivity index (χ1v) is 12.4. The molecular formula is C23H33N5O3S. The quantitative estimate of drug-likeness (QED) is 0.354. The van der Waals surface area contributed by atoms with Gasteiger partial charge in [0.2, 0.25) is 10.0 Å². The Morgan fingerprint density at radius 3 is 2.22 bits per heavy atom. The first-order chi connectivity index (χ1) is 15.2. The highest BCUT2D eigenvalue weighted by molar-refractivity contribution is 7.92. The molecule has 3 N–H and O–H groups in total. The monoisotopic (exact) mass is 459 g/mol. The number of para-hydroxylation sites is 1. The lowest BCUT2D eigenvalue weighted by Gasteiger charge is -2.42. The number of carbonyl (C=O) groups excluding carboxylic acids is 1. The number of piperazine rings is 1. The molecule has 2 aromatic carbocycles. The van der Waals surface area contributed by atoms with Crippen LogP contribution in [0.1, 0.15) is 29.8 Å². The van der Waals surface area contributed by atoms with Crippen LogP contribution in [0.2, 0.25) is 0 Å². The van der Waals surface area contributed by atoms with Crippen molar-refractivity contribution in [3.8, 4) is 0 Å². The van der Waals surface area contributed by atoms with E-state index < -0.39 is 10.0 Å². The average Bonchev–Trinajstić information content (AvgIpc) is 2.80. The highest BCUT2D eigenvalue weighted by Crippen LogP contribution is 2.22. The summed E-state index contributed by atoms with van der Waals surface area (Å²) in [5.41, 5.74) is 3.92. The number of carbonyl (C=O) groups is 1. The van der Waals surface area contributed by atoms with E-state index in [9.17, 15) is 13.2 Å². The number of rotatable bonds is 8. The molecule has 2 atom stereocenters. The summed E-state index contributed by atoms with van der Waals surface area (Å²) in [4.78, 5) is 16.2. The van der Waals surface area contributed by atoms with Crippen LogP contribution in [0, 0.1) is 0 Å². The molecule has 1 amide bonds. The predicted molar refractivity (Wildman–Crippen MR) is 128 cm³/mol. The van der Waals surface area contributed by atoms with Crippen molar-refractivity contribution in [1.29, 1.82) is 0 Å². The first kappa shape index (κ1) is 24.2. The summed E-state index contributed by atoms with van der Waals surface area (Å²) in [5, 5.41) is 0. The Morgan fingerprint density at radius 1 is 1.06 bits per heavy atom. The van der Waals surface area contributed by atoms with E-state index in [1.54, 1.807) is 36.4 Å². The number of nitrogen functional groups attached to an aromatic ring is 1. The molecule has 0 bridgehead atoms. The number of amides is 1. The van der Waals surface area contributed by atoms with Gasteiger partial charge in [0, 0.05) is 37.3 Å². The fourth-order valence-electron chi connectivity index (χ4n) is 4.01. The van der Waals surface area contributed by atoms with Crippen molar-refractivity contribution in [2.24, 2.45) is 5.84 Å². The van der Waals surface area contributed by atoms with Crippen molar-refractivity contribution in [3.05, 3.63) is 65.7 Å². The number of hydrogen-bond acceptors (Lipinski definition) is 6. The molecule has 2 aromatic rings. The summed E-state index contributed by atoms with van der Waals surface area (Å²) in [6.07, 6.45) is 0. The predicted octanol–water partition coefficient (Wildman–Crippen LogP) is 1.65. The zero-order valence-corrected chi connectivity index (χ0v) is 19.8. The van der Waals surface area contributed by atoms with Crippen molar-refractivity contribution in [2.45, 2.75) is 32.5 Å². The van der Waals surface area contributed by atoms with Crippen LogP contribution in [0.4, 0.5) is 5.69 Å². The van der Waals surface area contributed by atoms with Gasteiger partial charge in [-0.3, -0.25) is 24.3 Å². The summed E-state index contributed by atoms with van der Waals surface area (Å²) < 4.78 is 28.3. The SMILES string of the molecule is C[C@@H]1CN(CCS(=O)(=O)N(Cc2ccc(C(=O)NN)cc2)c2ccccc2)C[C@H](C)N1C. The third kappa shape index (κ3) is 5.86. The lowest BCUT2D eigenvalue weighted by molar-refractivity contribution is 0.0639. The van der Waals surface area contributed by atoms with E-state index >= 15 is 0 Å². The molecule has 1 fully saturated rings. The second-order valence-corrected chi connectivity index (χ2v) is 10.5. The molecular weight excluding hydrogens is 426 g/mol. The minimum Gasteiger partial charge on any atom is -0.299 e. The highest BCUT2D eigenvalue weighted by Gasteiger charge is 2.29. The number of nitrogens with one attached hydrogen (secondary N) is 1. The highest BCUT2D eigenvalue weighted by atomic mass is 32.2. The van der Waals surface area contributed by atoms with E-state index in [2.05, 4.69) is 36.1 Å². The molecule has 1 heterocycles. The van der Waals surface area contributed by atoms with Gasteiger partial charge in [0.1, 0.15) is 0 Å². The van der Waals surface area contributed by atoms with E-state index in [0.29, 0.717) is 29.9 Å². The van der Waals surface area contributed by atoms with Gasteiger partial charge in [0.25, 0.3) is 5.91 Å². The number of sulfonamides is 1. The van der Waals surface area contributed by atoms with Crippen LogP contribution in [0.15, 0.2) is 54.6 Å². The van der Waals surface area contributed by atoms with Crippen LogP contribution in [0.3, 0.4) is 0 Å². The van der Waals surface area contributed by atoms with Gasteiger partial charge in [-0.2, -0.15) is 0 Å². The number of likely N-dealkylation sites (N-methyl/N-ethyl adjacent to an activating group) is 1. The van der Waals surface area contributed by atoms with E-state index in [-0.39, 0.29) is 18.2 Å². The molecule has 0 aromatic heterocycles. The summed E-state index contributed by atoms with van der Waals surface area (Å²) in [7, 11) is -1.46. The van der Waals surface area contributed by atoms with Gasteiger partial charge in [0.15, 0.2) is 0 Å². The van der Waals surface area contributed by atoms with Crippen molar-refractivity contribution >= 4 is 21.6 Å². The van der Waals surface area contributed by atoms with Crippen LogP contribution >= 0.6 is 0 Å². The Balaban J connectivity index is 1.77. The van der Waals surface area contributed by atoms with Crippen LogP contribution in [-0.4, -0.2) is 68.6 Å².